The minimum Gasteiger partial charge on any atom is -0.361 e. The molecule has 5 heterocycles. The predicted octanol–water partition coefficient (Wildman–Crippen LogP) is 4.11. The van der Waals surface area contributed by atoms with E-state index in [4.69, 9.17) is 14.6 Å². The fourth-order valence-electron chi connectivity index (χ4n) is 3.83. The summed E-state index contributed by atoms with van der Waals surface area (Å²) in [6.45, 7) is 5.93. The van der Waals surface area contributed by atoms with Crippen LogP contribution in [0.2, 0.25) is 0 Å². The standard InChI is InChI=1S/C22H21N7O/c1-13-20(15(3)30-27-13)16-9-19-22(24-10-16)21(17-11-25-28(4)12-17)26-29(19)14(2)18-7-5-6-8-23-18/h5-12,14H,1-4H3/t14-/m0/s1. The number of aryl methyl sites for hydroxylation is 3. The van der Waals surface area contributed by atoms with Crippen molar-refractivity contribution >= 4 is 11.0 Å². The Kier molecular flexibility index (Phi) is 4.20. The maximum atomic E-state index is 5.36. The lowest BCUT2D eigenvalue weighted by molar-refractivity contribution is 0.393. The summed E-state index contributed by atoms with van der Waals surface area (Å²) in [5.41, 5.74) is 7.15. The summed E-state index contributed by atoms with van der Waals surface area (Å²) < 4.78 is 9.11. The second-order valence-corrected chi connectivity index (χ2v) is 7.42. The van der Waals surface area contributed by atoms with Gasteiger partial charge in [0.2, 0.25) is 0 Å². The highest BCUT2D eigenvalue weighted by Gasteiger charge is 2.22. The molecule has 0 aromatic carbocycles. The highest BCUT2D eigenvalue weighted by atomic mass is 16.5. The van der Waals surface area contributed by atoms with Crippen LogP contribution in [0.3, 0.4) is 0 Å². The average molecular weight is 399 g/mol. The second kappa shape index (κ2) is 6.91. The molecule has 150 valence electrons. The highest BCUT2D eigenvalue weighted by molar-refractivity contribution is 5.92. The molecule has 0 aliphatic rings. The van der Waals surface area contributed by atoms with Crippen LogP contribution in [0.1, 0.15) is 30.1 Å². The Hall–Kier alpha value is -3.81. The topological polar surface area (TPSA) is 87.5 Å². The normalized spacial score (nSPS) is 12.5. The maximum Gasteiger partial charge on any atom is 0.141 e. The summed E-state index contributed by atoms with van der Waals surface area (Å²) in [5, 5.41) is 13.3. The van der Waals surface area contributed by atoms with Gasteiger partial charge in [-0.3, -0.25) is 19.3 Å². The summed E-state index contributed by atoms with van der Waals surface area (Å²) >= 11 is 0. The molecule has 0 aliphatic heterocycles. The van der Waals surface area contributed by atoms with Gasteiger partial charge in [-0.15, -0.1) is 0 Å². The zero-order chi connectivity index (χ0) is 20.8. The molecule has 0 saturated heterocycles. The number of aromatic nitrogens is 7. The lowest BCUT2D eigenvalue weighted by Gasteiger charge is -2.13. The van der Waals surface area contributed by atoms with E-state index in [0.717, 1.165) is 50.6 Å². The van der Waals surface area contributed by atoms with E-state index in [0.29, 0.717) is 0 Å². The molecular formula is C22H21N7O. The van der Waals surface area contributed by atoms with E-state index in [2.05, 4.69) is 28.2 Å². The highest BCUT2D eigenvalue weighted by Crippen LogP contribution is 2.34. The van der Waals surface area contributed by atoms with E-state index in [1.807, 2.05) is 56.2 Å². The number of rotatable bonds is 4. The van der Waals surface area contributed by atoms with E-state index >= 15 is 0 Å². The third-order valence-corrected chi connectivity index (χ3v) is 5.33. The first-order valence-corrected chi connectivity index (χ1v) is 9.74. The van der Waals surface area contributed by atoms with Crippen LogP contribution in [-0.2, 0) is 7.05 Å². The summed E-state index contributed by atoms with van der Waals surface area (Å²) in [5.74, 6) is 0.768. The van der Waals surface area contributed by atoms with Crippen LogP contribution >= 0.6 is 0 Å². The molecular weight excluding hydrogens is 378 g/mol. The van der Waals surface area contributed by atoms with Gasteiger partial charge in [0.05, 0.1) is 29.1 Å². The van der Waals surface area contributed by atoms with Crippen molar-refractivity contribution in [3.05, 3.63) is 66.2 Å². The van der Waals surface area contributed by atoms with Gasteiger partial charge in [-0.1, -0.05) is 11.2 Å². The predicted molar refractivity (Wildman–Crippen MR) is 113 cm³/mol. The van der Waals surface area contributed by atoms with Crippen molar-refractivity contribution in [2.45, 2.75) is 26.8 Å². The number of pyridine rings is 2. The summed E-state index contributed by atoms with van der Waals surface area (Å²) in [7, 11) is 1.89. The molecule has 0 spiro atoms. The summed E-state index contributed by atoms with van der Waals surface area (Å²) in [4.78, 5) is 9.32. The molecule has 8 heteroatoms. The van der Waals surface area contributed by atoms with Gasteiger partial charge in [-0.05, 0) is 39.0 Å². The minimum atomic E-state index is -0.0687. The molecule has 1 atom stereocenters. The Morgan fingerprint density at radius 3 is 2.60 bits per heavy atom. The number of fused-ring (bicyclic) bond motifs is 1. The molecule has 5 aromatic heterocycles. The Balaban J connectivity index is 1.75. The molecule has 5 rings (SSSR count). The van der Waals surface area contributed by atoms with Crippen LogP contribution in [-0.4, -0.2) is 34.7 Å². The Morgan fingerprint density at radius 1 is 1.07 bits per heavy atom. The Labute approximate surface area is 173 Å². The van der Waals surface area contributed by atoms with Crippen LogP contribution in [0.5, 0.6) is 0 Å². The second-order valence-electron chi connectivity index (χ2n) is 7.42. The first-order chi connectivity index (χ1) is 14.5. The van der Waals surface area contributed by atoms with Gasteiger partial charge in [-0.2, -0.15) is 10.2 Å². The zero-order valence-corrected chi connectivity index (χ0v) is 17.2. The third-order valence-electron chi connectivity index (χ3n) is 5.33. The van der Waals surface area contributed by atoms with Crippen LogP contribution in [0.25, 0.3) is 33.4 Å². The molecule has 0 bridgehead atoms. The van der Waals surface area contributed by atoms with E-state index in [1.165, 1.54) is 0 Å². The molecule has 0 radical (unpaired) electrons. The fraction of sp³-hybridized carbons (Fsp3) is 0.227. The van der Waals surface area contributed by atoms with Crippen LogP contribution < -0.4 is 0 Å². The van der Waals surface area contributed by atoms with Crippen molar-refractivity contribution in [1.82, 2.24) is 34.7 Å². The molecule has 0 unspecified atom stereocenters. The number of hydrogen-bond donors (Lipinski definition) is 0. The van der Waals surface area contributed by atoms with Gasteiger partial charge in [0.25, 0.3) is 0 Å². The van der Waals surface area contributed by atoms with Crippen LogP contribution in [0.4, 0.5) is 0 Å². The van der Waals surface area contributed by atoms with Gasteiger partial charge in [-0.25, -0.2) is 0 Å². The SMILES string of the molecule is Cc1noc(C)c1-c1cnc2c(-c3cnn(C)c3)nn([C@@H](C)c3ccccn3)c2c1. The molecule has 0 amide bonds. The minimum absolute atomic E-state index is 0.0687. The lowest BCUT2D eigenvalue weighted by Crippen LogP contribution is -2.10. The van der Waals surface area contributed by atoms with E-state index in [1.54, 1.807) is 17.1 Å². The van der Waals surface area contributed by atoms with Crippen molar-refractivity contribution in [3.8, 4) is 22.4 Å². The van der Waals surface area contributed by atoms with Crippen LogP contribution in [0.15, 0.2) is 53.6 Å². The quantitative estimate of drug-likeness (QED) is 0.452. The van der Waals surface area contributed by atoms with Crippen molar-refractivity contribution in [1.29, 1.82) is 0 Å². The number of nitrogens with zero attached hydrogens (tertiary/aromatic N) is 7. The van der Waals surface area contributed by atoms with Gasteiger partial charge < -0.3 is 4.52 Å². The summed E-state index contributed by atoms with van der Waals surface area (Å²) in [6.07, 6.45) is 7.40. The smallest absolute Gasteiger partial charge is 0.141 e. The summed E-state index contributed by atoms with van der Waals surface area (Å²) in [6, 6.07) is 7.94. The van der Waals surface area contributed by atoms with Crippen molar-refractivity contribution in [2.24, 2.45) is 7.05 Å². The monoisotopic (exact) mass is 399 g/mol. The van der Waals surface area contributed by atoms with Crippen molar-refractivity contribution in [2.75, 3.05) is 0 Å². The number of hydrogen-bond acceptors (Lipinski definition) is 6. The van der Waals surface area contributed by atoms with E-state index in [-0.39, 0.29) is 6.04 Å². The first kappa shape index (κ1) is 18.2. The molecule has 8 nitrogen and oxygen atoms in total. The van der Waals surface area contributed by atoms with Crippen molar-refractivity contribution in [3.63, 3.8) is 0 Å². The van der Waals surface area contributed by atoms with Crippen LogP contribution in [0, 0.1) is 13.8 Å². The Bertz CT molecular complexity index is 1330. The van der Waals surface area contributed by atoms with Gasteiger partial charge in [0.15, 0.2) is 0 Å². The molecule has 30 heavy (non-hydrogen) atoms. The maximum absolute atomic E-state index is 5.36. The lowest BCUT2D eigenvalue weighted by atomic mass is 10.1. The third kappa shape index (κ3) is 2.88. The van der Waals surface area contributed by atoms with Gasteiger partial charge in [0, 0.05) is 42.3 Å². The molecule has 5 aromatic rings. The van der Waals surface area contributed by atoms with Gasteiger partial charge in [0.1, 0.15) is 17.0 Å². The molecule has 0 fully saturated rings. The Morgan fingerprint density at radius 2 is 1.93 bits per heavy atom. The zero-order valence-electron chi connectivity index (χ0n) is 17.2. The largest absolute Gasteiger partial charge is 0.361 e. The molecule has 0 aliphatic carbocycles. The van der Waals surface area contributed by atoms with E-state index in [9.17, 15) is 0 Å². The van der Waals surface area contributed by atoms with E-state index < -0.39 is 0 Å². The van der Waals surface area contributed by atoms with Crippen molar-refractivity contribution < 1.29 is 4.52 Å². The fourth-order valence-corrected chi connectivity index (χ4v) is 3.83. The average Bonchev–Trinajstić information content (AvgIpc) is 3.44. The molecule has 0 N–H and O–H groups in total. The van der Waals surface area contributed by atoms with Gasteiger partial charge >= 0.3 is 0 Å². The molecule has 0 saturated carbocycles. The first-order valence-electron chi connectivity index (χ1n) is 9.74.